The van der Waals surface area contributed by atoms with Crippen molar-refractivity contribution in [2.75, 3.05) is 19.4 Å². The number of hydrogen-bond acceptors (Lipinski definition) is 12. The summed E-state index contributed by atoms with van der Waals surface area (Å²) in [4.78, 5) is 102. The highest BCUT2D eigenvalue weighted by atomic mass is 32.2. The molecular weight excluding hydrogens is 654 g/mol. The van der Waals surface area contributed by atoms with E-state index in [4.69, 9.17) is 9.15 Å². The summed E-state index contributed by atoms with van der Waals surface area (Å²) in [5.41, 5.74) is -0.528. The molecule has 1 fully saturated rings. The summed E-state index contributed by atoms with van der Waals surface area (Å²) >= 11 is 1.29. The van der Waals surface area contributed by atoms with Gasteiger partial charge in [-0.15, -0.1) is 11.8 Å². The number of β-lactam (4-membered cyclic amide) rings is 1. The normalized spacial score (nSPS) is 17.5. The van der Waals surface area contributed by atoms with E-state index >= 15 is 0 Å². The fraction of sp³-hybridized carbons (Fsp3) is 0.267. The number of nitrogens with zero attached hydrogens (tertiary/aromatic N) is 2. The fourth-order valence-corrected chi connectivity index (χ4v) is 6.35. The minimum Gasteiger partial charge on any atom is -0.477 e. The molecule has 48 heavy (non-hydrogen) atoms. The molecule has 3 atom stereocenters. The largest absolute Gasteiger partial charge is 0.513 e. The third kappa shape index (κ3) is 6.63. The summed E-state index contributed by atoms with van der Waals surface area (Å²) in [6, 6.07) is 9.62. The topological polar surface area (TPSA) is 233 Å². The lowest BCUT2D eigenvalue weighted by atomic mass is 10.0. The van der Waals surface area contributed by atoms with Gasteiger partial charge in [-0.1, -0.05) is 36.4 Å². The number of rotatable bonds is 10. The molecule has 0 bridgehead atoms. The van der Waals surface area contributed by atoms with Crippen LogP contribution in [0.2, 0.25) is 0 Å². The van der Waals surface area contributed by atoms with Crippen LogP contribution in [0.15, 0.2) is 73.8 Å². The quantitative estimate of drug-likeness (QED) is 0.124. The smallest absolute Gasteiger partial charge is 0.477 e. The molecule has 0 radical (unpaired) electrons. The van der Waals surface area contributed by atoms with E-state index in [1.54, 1.807) is 37.3 Å². The summed E-state index contributed by atoms with van der Waals surface area (Å²) in [6.07, 6.45) is -1.12. The highest BCUT2D eigenvalue weighted by Crippen LogP contribution is 2.40. The molecule has 0 aliphatic carbocycles. The first-order valence-electron chi connectivity index (χ1n) is 14.1. The van der Waals surface area contributed by atoms with Gasteiger partial charge in [0.05, 0.1) is 19.0 Å². The second-order valence-corrected chi connectivity index (χ2v) is 11.6. The van der Waals surface area contributed by atoms with Crippen molar-refractivity contribution < 1.29 is 47.8 Å². The van der Waals surface area contributed by atoms with Gasteiger partial charge in [0.15, 0.2) is 11.3 Å². The van der Waals surface area contributed by atoms with Crippen LogP contribution in [-0.4, -0.2) is 81.2 Å². The predicted octanol–water partition coefficient (Wildman–Crippen LogP) is -0.168. The van der Waals surface area contributed by atoms with Crippen molar-refractivity contribution in [1.82, 2.24) is 25.4 Å². The number of benzene rings is 2. The van der Waals surface area contributed by atoms with Gasteiger partial charge in [-0.05, 0) is 30.2 Å². The molecule has 250 valence electrons. The zero-order chi connectivity index (χ0) is 34.7. The van der Waals surface area contributed by atoms with Crippen molar-refractivity contribution in [3.8, 4) is 5.75 Å². The number of amides is 4. The molecule has 0 saturated carbocycles. The second kappa shape index (κ2) is 13.8. The average molecular weight is 682 g/mol. The number of nitrogens with one attached hydrogen (secondary N) is 3. The van der Waals surface area contributed by atoms with E-state index in [9.17, 15) is 43.5 Å². The maximum absolute atomic E-state index is 13.4. The van der Waals surface area contributed by atoms with Gasteiger partial charge < -0.3 is 34.9 Å². The number of ether oxygens (including phenoxy) is 2. The van der Waals surface area contributed by atoms with Gasteiger partial charge in [0.1, 0.15) is 29.7 Å². The maximum atomic E-state index is 13.4. The van der Waals surface area contributed by atoms with E-state index in [0.29, 0.717) is 21.5 Å². The standard InChI is InChI=1S/C30H27N5O12S/c1-14-13-48-27-21(26(40)35(27)22(14)28(41)42)33-24(38)20(15-7-4-3-5-8-15)32-18(36)11-31-19(37)12-34-25(39)16-9-6-10-17(46-30(44)45-2)23(16)47-29(34)43/h3-10,20-21,27H,11-13H2,1-2H3,(H,31,37)(H,32,36)(H,33,38)(H,41,42)/t20-,21-,27?/m1/s1. The van der Waals surface area contributed by atoms with Crippen molar-refractivity contribution in [2.24, 2.45) is 0 Å². The lowest BCUT2D eigenvalue weighted by Crippen LogP contribution is -2.71. The fourth-order valence-electron chi connectivity index (χ4n) is 5.06. The Morgan fingerprint density at radius 2 is 1.77 bits per heavy atom. The van der Waals surface area contributed by atoms with E-state index in [0.717, 1.165) is 12.0 Å². The Labute approximate surface area is 273 Å². The van der Waals surface area contributed by atoms with Crippen molar-refractivity contribution in [1.29, 1.82) is 0 Å². The highest BCUT2D eigenvalue weighted by Gasteiger charge is 2.54. The summed E-state index contributed by atoms with van der Waals surface area (Å²) in [7, 11) is 1.06. The van der Waals surface area contributed by atoms with Crippen molar-refractivity contribution >= 4 is 58.5 Å². The molecule has 2 aromatic carbocycles. The molecule has 5 rings (SSSR count). The van der Waals surface area contributed by atoms with E-state index in [2.05, 4.69) is 20.7 Å². The Bertz CT molecular complexity index is 1990. The summed E-state index contributed by atoms with van der Waals surface area (Å²) < 4.78 is 14.9. The summed E-state index contributed by atoms with van der Waals surface area (Å²) in [6.45, 7) is 0.113. The van der Waals surface area contributed by atoms with Gasteiger partial charge in [0, 0.05) is 5.75 Å². The van der Waals surface area contributed by atoms with E-state index in [1.165, 1.54) is 30.0 Å². The van der Waals surface area contributed by atoms with Crippen LogP contribution in [-0.2, 0) is 35.3 Å². The highest BCUT2D eigenvalue weighted by molar-refractivity contribution is 8.00. The molecule has 3 aromatic rings. The minimum absolute atomic E-state index is 0.126. The Balaban J connectivity index is 1.24. The summed E-state index contributed by atoms with van der Waals surface area (Å²) in [5.74, 6) is -5.51. The molecular formula is C30H27N5O12S. The third-order valence-electron chi connectivity index (χ3n) is 7.33. The van der Waals surface area contributed by atoms with Gasteiger partial charge in [0.25, 0.3) is 11.5 Å². The number of fused-ring (bicyclic) bond motifs is 2. The van der Waals surface area contributed by atoms with Gasteiger partial charge >= 0.3 is 17.9 Å². The molecule has 1 unspecified atom stereocenters. The number of thioether (sulfide) groups is 1. The Hall–Kier alpha value is -5.91. The SMILES string of the molecule is COC(=O)Oc1cccc2c(=O)n(CC(=O)NCC(=O)N[C@@H](C(=O)N[C@@H]3C(=O)N4C(C(=O)O)=C(C)CSC34)c3ccccc3)c(=O)oc12. The van der Waals surface area contributed by atoms with Crippen LogP contribution in [0.3, 0.4) is 0 Å². The first-order valence-corrected chi connectivity index (χ1v) is 15.2. The zero-order valence-electron chi connectivity index (χ0n) is 25.2. The van der Waals surface area contributed by atoms with Gasteiger partial charge in [0.2, 0.25) is 17.7 Å². The first-order chi connectivity index (χ1) is 22.9. The van der Waals surface area contributed by atoms with Gasteiger partial charge in [-0.3, -0.25) is 28.9 Å². The number of methoxy groups -OCH3 is 1. The van der Waals surface area contributed by atoms with Crippen LogP contribution in [0.25, 0.3) is 11.0 Å². The molecule has 1 aromatic heterocycles. The van der Waals surface area contributed by atoms with Crippen LogP contribution in [0.4, 0.5) is 4.79 Å². The number of para-hydroxylation sites is 1. The molecule has 17 nitrogen and oxygen atoms in total. The number of carboxylic acid groups (broad SMARTS) is 1. The molecule has 4 amide bonds. The monoisotopic (exact) mass is 681 g/mol. The van der Waals surface area contributed by atoms with E-state index in [-0.39, 0.29) is 22.4 Å². The number of carboxylic acids is 1. The van der Waals surface area contributed by atoms with Crippen LogP contribution in [0.1, 0.15) is 18.5 Å². The number of hydrogen-bond donors (Lipinski definition) is 4. The molecule has 18 heteroatoms. The van der Waals surface area contributed by atoms with Crippen LogP contribution < -0.4 is 32.0 Å². The maximum Gasteiger partial charge on any atom is 0.513 e. The van der Waals surface area contributed by atoms with Crippen molar-refractivity contribution in [2.45, 2.75) is 30.9 Å². The lowest BCUT2D eigenvalue weighted by molar-refractivity contribution is -0.151. The Morgan fingerprint density at radius 1 is 1.04 bits per heavy atom. The molecule has 0 spiro atoms. The van der Waals surface area contributed by atoms with Gasteiger partial charge in [-0.25, -0.2) is 19.0 Å². The zero-order valence-corrected chi connectivity index (χ0v) is 26.0. The van der Waals surface area contributed by atoms with Crippen LogP contribution >= 0.6 is 11.8 Å². The van der Waals surface area contributed by atoms with Crippen LogP contribution in [0.5, 0.6) is 5.75 Å². The van der Waals surface area contributed by atoms with Crippen molar-refractivity contribution in [3.05, 3.63) is 86.3 Å². The molecule has 1 saturated heterocycles. The van der Waals surface area contributed by atoms with E-state index < -0.39 is 77.6 Å². The Kier molecular flexibility index (Phi) is 9.64. The minimum atomic E-state index is -1.31. The number of aliphatic carboxylic acids is 1. The molecule has 3 heterocycles. The average Bonchev–Trinajstić information content (AvgIpc) is 3.07. The molecule has 2 aliphatic rings. The molecule has 2 aliphatic heterocycles. The van der Waals surface area contributed by atoms with E-state index in [1.807, 2.05) is 0 Å². The predicted molar refractivity (Wildman–Crippen MR) is 165 cm³/mol. The lowest BCUT2D eigenvalue weighted by Gasteiger charge is -2.49. The van der Waals surface area contributed by atoms with Crippen LogP contribution in [0, 0.1) is 0 Å². The Morgan fingerprint density at radius 3 is 2.46 bits per heavy atom. The third-order valence-corrected chi connectivity index (χ3v) is 8.76. The van der Waals surface area contributed by atoms with Gasteiger partial charge in [-0.2, -0.15) is 0 Å². The van der Waals surface area contributed by atoms with Crippen molar-refractivity contribution in [3.63, 3.8) is 0 Å². The second-order valence-electron chi connectivity index (χ2n) is 10.5. The number of carbonyl (C=O) groups excluding carboxylic acids is 5. The molecule has 4 N–H and O–H groups in total. The first kappa shape index (κ1) is 33.5. The summed E-state index contributed by atoms with van der Waals surface area (Å²) in [5, 5.41) is 16.1. The number of aromatic nitrogens is 1. The number of carbonyl (C=O) groups is 6.